The fraction of sp³-hybridized carbons (Fsp3) is 0.118. The smallest absolute Gasteiger partial charge is 0.256 e. The van der Waals surface area contributed by atoms with E-state index in [-0.39, 0.29) is 18.2 Å². The third kappa shape index (κ3) is 4.94. The maximum atomic E-state index is 12.2. The molecule has 2 aromatic carbocycles. The Hall–Kier alpha value is -2.65. The summed E-state index contributed by atoms with van der Waals surface area (Å²) >= 11 is 3.34. The van der Waals surface area contributed by atoms with Crippen LogP contribution in [0.1, 0.15) is 22.3 Å². The molecular weight excluding hydrogens is 358 g/mol. The molecule has 0 aliphatic rings. The van der Waals surface area contributed by atoms with Gasteiger partial charge < -0.3 is 10.6 Å². The molecule has 0 aromatic heterocycles. The zero-order chi connectivity index (χ0) is 16.7. The van der Waals surface area contributed by atoms with Crippen LogP contribution in [0.2, 0.25) is 0 Å². The van der Waals surface area contributed by atoms with E-state index in [2.05, 4.69) is 26.6 Å². The van der Waals surface area contributed by atoms with E-state index >= 15 is 0 Å². The van der Waals surface area contributed by atoms with E-state index in [4.69, 9.17) is 5.26 Å². The molecule has 6 heteroatoms. The first-order valence-electron chi connectivity index (χ1n) is 6.88. The molecule has 0 saturated carbocycles. The lowest BCUT2D eigenvalue weighted by atomic mass is 10.2. The third-order valence-electron chi connectivity index (χ3n) is 3.06. The van der Waals surface area contributed by atoms with Crippen LogP contribution in [0, 0.1) is 11.3 Å². The summed E-state index contributed by atoms with van der Waals surface area (Å²) in [7, 11) is 0. The van der Waals surface area contributed by atoms with Crippen LogP contribution in [0.5, 0.6) is 0 Å². The first-order valence-corrected chi connectivity index (χ1v) is 7.68. The van der Waals surface area contributed by atoms with Crippen LogP contribution in [0.4, 0.5) is 5.69 Å². The first kappa shape index (κ1) is 16.7. The molecule has 0 fully saturated rings. The highest BCUT2D eigenvalue weighted by Gasteiger charge is 2.09. The Morgan fingerprint density at radius 1 is 1.09 bits per heavy atom. The van der Waals surface area contributed by atoms with Crippen molar-refractivity contribution < 1.29 is 9.59 Å². The molecule has 0 spiro atoms. The Bertz CT molecular complexity index is 751. The van der Waals surface area contributed by atoms with E-state index in [1.807, 2.05) is 24.3 Å². The molecule has 0 heterocycles. The van der Waals surface area contributed by atoms with Gasteiger partial charge in [-0.1, -0.05) is 24.3 Å². The Balaban J connectivity index is 1.95. The summed E-state index contributed by atoms with van der Waals surface area (Å²) in [6, 6.07) is 16.1. The fourth-order valence-corrected chi connectivity index (χ4v) is 2.35. The highest BCUT2D eigenvalue weighted by atomic mass is 79.9. The zero-order valence-corrected chi connectivity index (χ0v) is 13.8. The van der Waals surface area contributed by atoms with Crippen molar-refractivity contribution in [2.75, 3.05) is 5.32 Å². The van der Waals surface area contributed by atoms with E-state index in [1.165, 1.54) is 0 Å². The van der Waals surface area contributed by atoms with Gasteiger partial charge in [0.15, 0.2) is 0 Å². The number of nitriles is 1. The molecule has 0 saturated heterocycles. The van der Waals surface area contributed by atoms with Crippen molar-refractivity contribution in [3.05, 3.63) is 64.1 Å². The number of carbonyl (C=O) groups is 2. The van der Waals surface area contributed by atoms with Gasteiger partial charge in [0.05, 0.1) is 11.6 Å². The first-order chi connectivity index (χ1) is 11.1. The van der Waals surface area contributed by atoms with Crippen molar-refractivity contribution in [1.82, 2.24) is 5.32 Å². The van der Waals surface area contributed by atoms with Gasteiger partial charge in [0, 0.05) is 16.7 Å². The summed E-state index contributed by atoms with van der Waals surface area (Å²) in [5.41, 5.74) is 2.10. The van der Waals surface area contributed by atoms with E-state index in [9.17, 15) is 9.59 Å². The van der Waals surface area contributed by atoms with Crippen LogP contribution < -0.4 is 10.6 Å². The molecule has 116 valence electrons. The summed E-state index contributed by atoms with van der Waals surface area (Å²) in [5.74, 6) is -0.508. The van der Waals surface area contributed by atoms with Crippen LogP contribution in [-0.4, -0.2) is 11.8 Å². The van der Waals surface area contributed by atoms with Gasteiger partial charge in [0.2, 0.25) is 5.91 Å². The van der Waals surface area contributed by atoms with E-state index < -0.39 is 0 Å². The van der Waals surface area contributed by atoms with Crippen LogP contribution in [0.15, 0.2) is 53.0 Å². The van der Waals surface area contributed by atoms with Crippen molar-refractivity contribution in [2.24, 2.45) is 0 Å². The average molecular weight is 372 g/mol. The number of benzene rings is 2. The molecule has 0 aliphatic heterocycles. The molecule has 2 rings (SSSR count). The van der Waals surface area contributed by atoms with Crippen molar-refractivity contribution in [2.45, 2.75) is 13.0 Å². The molecule has 0 aliphatic carbocycles. The number of halogens is 1. The second-order valence-electron chi connectivity index (χ2n) is 4.74. The van der Waals surface area contributed by atoms with Gasteiger partial charge in [-0.05, 0) is 45.8 Å². The number of anilines is 1. The second-order valence-corrected chi connectivity index (χ2v) is 5.60. The van der Waals surface area contributed by atoms with Gasteiger partial charge in [-0.25, -0.2) is 0 Å². The standard InChI is InChI=1S/C17H14BrN3O2/c18-15-4-2-1-3-14(15)17(23)21-13-7-5-12(6-8-13)11-20-16(22)9-10-19/h1-8H,9,11H2,(H,20,22)(H,21,23). The molecule has 0 radical (unpaired) electrons. The molecule has 0 bridgehead atoms. The van der Waals surface area contributed by atoms with E-state index in [0.717, 1.165) is 10.0 Å². The molecule has 2 aromatic rings. The predicted molar refractivity (Wildman–Crippen MR) is 90.6 cm³/mol. The molecular formula is C17H14BrN3O2. The lowest BCUT2D eigenvalue weighted by Crippen LogP contribution is -2.21. The van der Waals surface area contributed by atoms with Crippen molar-refractivity contribution in [1.29, 1.82) is 5.26 Å². The average Bonchev–Trinajstić information content (AvgIpc) is 2.55. The minimum atomic E-state index is -0.307. The molecule has 0 unspecified atom stereocenters. The SMILES string of the molecule is N#CCC(=O)NCc1ccc(NC(=O)c2ccccc2Br)cc1. The highest BCUT2D eigenvalue weighted by molar-refractivity contribution is 9.10. The van der Waals surface area contributed by atoms with E-state index in [1.54, 1.807) is 30.3 Å². The van der Waals surface area contributed by atoms with Gasteiger partial charge in [0.1, 0.15) is 6.42 Å². The third-order valence-corrected chi connectivity index (χ3v) is 3.75. The number of hydrogen-bond acceptors (Lipinski definition) is 3. The number of nitrogens with zero attached hydrogens (tertiary/aromatic N) is 1. The number of amides is 2. The van der Waals surface area contributed by atoms with Crippen molar-refractivity contribution in [3.63, 3.8) is 0 Å². The van der Waals surface area contributed by atoms with E-state index in [0.29, 0.717) is 17.8 Å². The maximum Gasteiger partial charge on any atom is 0.256 e. The number of carbonyl (C=O) groups excluding carboxylic acids is 2. The zero-order valence-electron chi connectivity index (χ0n) is 12.2. The number of rotatable bonds is 5. The summed E-state index contributed by atoms with van der Waals surface area (Å²) < 4.78 is 0.731. The number of nitrogens with one attached hydrogen (secondary N) is 2. The largest absolute Gasteiger partial charge is 0.351 e. The highest BCUT2D eigenvalue weighted by Crippen LogP contribution is 2.18. The predicted octanol–water partition coefficient (Wildman–Crippen LogP) is 3.23. The summed E-state index contributed by atoms with van der Waals surface area (Å²) in [6.07, 6.45) is -0.153. The van der Waals surface area contributed by atoms with Crippen LogP contribution in [0.3, 0.4) is 0 Å². The molecule has 23 heavy (non-hydrogen) atoms. The Labute approximate surface area is 142 Å². The normalized spacial score (nSPS) is 9.74. The van der Waals surface area contributed by atoms with Gasteiger partial charge >= 0.3 is 0 Å². The van der Waals surface area contributed by atoms with Crippen molar-refractivity contribution in [3.8, 4) is 6.07 Å². The summed E-state index contributed by atoms with van der Waals surface area (Å²) in [4.78, 5) is 23.4. The van der Waals surface area contributed by atoms with Gasteiger partial charge in [-0.2, -0.15) is 5.26 Å². The topological polar surface area (TPSA) is 82.0 Å². The van der Waals surface area contributed by atoms with Crippen LogP contribution in [-0.2, 0) is 11.3 Å². The van der Waals surface area contributed by atoms with Crippen LogP contribution >= 0.6 is 15.9 Å². The lowest BCUT2D eigenvalue weighted by Gasteiger charge is -2.08. The molecule has 2 amide bonds. The Kier molecular flexibility index (Phi) is 5.89. The fourth-order valence-electron chi connectivity index (χ4n) is 1.88. The molecule has 5 nitrogen and oxygen atoms in total. The van der Waals surface area contributed by atoms with Crippen molar-refractivity contribution >= 4 is 33.4 Å². The quantitative estimate of drug-likeness (QED) is 0.846. The minimum absolute atomic E-state index is 0.153. The summed E-state index contributed by atoms with van der Waals surface area (Å²) in [5, 5.41) is 13.9. The van der Waals surface area contributed by atoms with Gasteiger partial charge in [-0.3, -0.25) is 9.59 Å². The summed E-state index contributed by atoms with van der Waals surface area (Å²) in [6.45, 7) is 0.346. The minimum Gasteiger partial charge on any atom is -0.351 e. The maximum absolute atomic E-state index is 12.2. The van der Waals surface area contributed by atoms with Gasteiger partial charge in [0.25, 0.3) is 5.91 Å². The monoisotopic (exact) mass is 371 g/mol. The molecule has 2 N–H and O–H groups in total. The van der Waals surface area contributed by atoms with Gasteiger partial charge in [-0.15, -0.1) is 0 Å². The Morgan fingerprint density at radius 2 is 1.78 bits per heavy atom. The Morgan fingerprint density at radius 3 is 2.43 bits per heavy atom. The lowest BCUT2D eigenvalue weighted by molar-refractivity contribution is -0.120. The van der Waals surface area contributed by atoms with Crippen LogP contribution in [0.25, 0.3) is 0 Å². The second kappa shape index (κ2) is 8.11. The number of hydrogen-bond donors (Lipinski definition) is 2. The molecule has 0 atom stereocenters.